The maximum Gasteiger partial charge on any atom is 0.178 e. The van der Waals surface area contributed by atoms with Crippen molar-refractivity contribution in [3.63, 3.8) is 0 Å². The highest BCUT2D eigenvalue weighted by Crippen LogP contribution is 2.32. The number of sulfone groups is 1. The normalized spacial score (nSPS) is 26.8. The van der Waals surface area contributed by atoms with Crippen LogP contribution in [0.15, 0.2) is 29.2 Å². The molecule has 2 aliphatic heterocycles. The molecule has 0 aromatic heterocycles. The molecule has 2 heterocycles. The summed E-state index contributed by atoms with van der Waals surface area (Å²) in [5.41, 5.74) is 0.931. The van der Waals surface area contributed by atoms with Gasteiger partial charge in [0, 0.05) is 25.3 Å². The minimum absolute atomic E-state index is 0.155. The van der Waals surface area contributed by atoms with Crippen LogP contribution in [-0.2, 0) is 14.6 Å². The number of fused-ring (bicyclic) bond motifs is 1. The van der Waals surface area contributed by atoms with Gasteiger partial charge in [0.05, 0.1) is 10.6 Å². The number of nitrogens with one attached hydrogen (secondary N) is 1. The van der Waals surface area contributed by atoms with Gasteiger partial charge in [-0.25, -0.2) is 8.42 Å². The molecule has 0 aliphatic carbocycles. The molecule has 1 aromatic carbocycles. The summed E-state index contributed by atoms with van der Waals surface area (Å²) in [4.78, 5) is 0.505. The molecule has 3 rings (SSSR count). The fraction of sp³-hybridized carbons (Fsp3) is 0.571. The van der Waals surface area contributed by atoms with E-state index in [-0.39, 0.29) is 11.8 Å². The Bertz CT molecular complexity index is 550. The van der Waals surface area contributed by atoms with Crippen molar-refractivity contribution in [2.75, 3.05) is 19.0 Å². The molecule has 4 nitrogen and oxygen atoms in total. The molecule has 1 saturated heterocycles. The lowest BCUT2D eigenvalue weighted by molar-refractivity contribution is 0.0745. The smallest absolute Gasteiger partial charge is 0.178 e. The van der Waals surface area contributed by atoms with Crippen molar-refractivity contribution in [3.05, 3.63) is 29.8 Å². The largest absolute Gasteiger partial charge is 0.381 e. The van der Waals surface area contributed by atoms with E-state index in [1.54, 1.807) is 12.1 Å². The Morgan fingerprint density at radius 1 is 1.11 bits per heavy atom. The summed E-state index contributed by atoms with van der Waals surface area (Å²) in [7, 11) is -3.08. The Hall–Kier alpha value is -0.910. The van der Waals surface area contributed by atoms with E-state index in [0.717, 1.165) is 31.6 Å². The van der Waals surface area contributed by atoms with E-state index in [1.807, 2.05) is 12.1 Å². The molecule has 1 N–H and O–H groups in total. The van der Waals surface area contributed by atoms with Gasteiger partial charge in [-0.3, -0.25) is 0 Å². The summed E-state index contributed by atoms with van der Waals surface area (Å²) in [6.07, 6.45) is 2.67. The van der Waals surface area contributed by atoms with Gasteiger partial charge in [-0.2, -0.15) is 0 Å². The second-order valence-electron chi connectivity index (χ2n) is 5.25. The second-order valence-corrected chi connectivity index (χ2v) is 7.33. The maximum atomic E-state index is 12.1. The van der Waals surface area contributed by atoms with Gasteiger partial charge in [0.25, 0.3) is 0 Å². The van der Waals surface area contributed by atoms with E-state index in [4.69, 9.17) is 4.74 Å². The lowest BCUT2D eigenvalue weighted by Crippen LogP contribution is -2.39. The third-order valence-corrected chi connectivity index (χ3v) is 5.78. The first-order valence-corrected chi connectivity index (χ1v) is 8.47. The van der Waals surface area contributed by atoms with E-state index in [0.29, 0.717) is 17.4 Å². The Morgan fingerprint density at radius 3 is 2.63 bits per heavy atom. The van der Waals surface area contributed by atoms with E-state index in [2.05, 4.69) is 5.32 Å². The van der Waals surface area contributed by atoms with Crippen molar-refractivity contribution in [1.29, 1.82) is 0 Å². The minimum atomic E-state index is -3.08. The molecule has 1 aromatic rings. The van der Waals surface area contributed by atoms with Crippen molar-refractivity contribution in [3.8, 4) is 0 Å². The molecule has 0 bridgehead atoms. The van der Waals surface area contributed by atoms with Crippen LogP contribution >= 0.6 is 0 Å². The fourth-order valence-corrected chi connectivity index (χ4v) is 4.53. The summed E-state index contributed by atoms with van der Waals surface area (Å²) in [6.45, 7) is 1.59. The lowest BCUT2D eigenvalue weighted by Gasteiger charge is -2.32. The standard InChI is InChI=1S/C14H19NO3S/c16-19(17)10-7-13(12-3-1-2-4-14(12)19)15-11-5-8-18-9-6-11/h1-4,11,13,15H,5-10H2. The highest BCUT2D eigenvalue weighted by atomic mass is 32.2. The van der Waals surface area contributed by atoms with Crippen molar-refractivity contribution in [1.82, 2.24) is 5.32 Å². The summed E-state index contributed by atoms with van der Waals surface area (Å²) in [5.74, 6) is 0.241. The number of hydrogen-bond acceptors (Lipinski definition) is 4. The summed E-state index contributed by atoms with van der Waals surface area (Å²) in [5, 5.41) is 3.61. The Labute approximate surface area is 114 Å². The van der Waals surface area contributed by atoms with Gasteiger partial charge in [-0.15, -0.1) is 0 Å². The summed E-state index contributed by atoms with van der Waals surface area (Å²) < 4.78 is 29.5. The van der Waals surface area contributed by atoms with E-state index < -0.39 is 9.84 Å². The number of hydrogen-bond donors (Lipinski definition) is 1. The minimum Gasteiger partial charge on any atom is -0.381 e. The number of rotatable bonds is 2. The van der Waals surface area contributed by atoms with Crippen LogP contribution < -0.4 is 5.32 Å². The molecule has 1 fully saturated rings. The highest BCUT2D eigenvalue weighted by Gasteiger charge is 2.31. The number of ether oxygens (including phenoxy) is 1. The molecule has 2 aliphatic rings. The van der Waals surface area contributed by atoms with Crippen molar-refractivity contribution < 1.29 is 13.2 Å². The van der Waals surface area contributed by atoms with Gasteiger partial charge >= 0.3 is 0 Å². The van der Waals surface area contributed by atoms with E-state index in [1.165, 1.54) is 0 Å². The monoisotopic (exact) mass is 281 g/mol. The average Bonchev–Trinajstić information content (AvgIpc) is 2.44. The fourth-order valence-electron chi connectivity index (χ4n) is 2.91. The molecule has 0 saturated carbocycles. The van der Waals surface area contributed by atoms with Gasteiger partial charge in [0.1, 0.15) is 0 Å². The third-order valence-electron chi connectivity index (χ3n) is 3.96. The molecule has 0 radical (unpaired) electrons. The Morgan fingerprint density at radius 2 is 1.84 bits per heavy atom. The first kappa shape index (κ1) is 13.1. The quantitative estimate of drug-likeness (QED) is 0.896. The maximum absolute atomic E-state index is 12.1. The highest BCUT2D eigenvalue weighted by molar-refractivity contribution is 7.91. The van der Waals surface area contributed by atoms with E-state index >= 15 is 0 Å². The van der Waals surface area contributed by atoms with Gasteiger partial charge in [-0.05, 0) is 30.9 Å². The summed E-state index contributed by atoms with van der Waals surface area (Å²) >= 11 is 0. The van der Waals surface area contributed by atoms with Crippen molar-refractivity contribution >= 4 is 9.84 Å². The van der Waals surface area contributed by atoms with Crippen LogP contribution in [0, 0.1) is 0 Å². The third kappa shape index (κ3) is 2.68. The van der Waals surface area contributed by atoms with Crippen LogP contribution in [0.25, 0.3) is 0 Å². The molecule has 0 amide bonds. The number of benzene rings is 1. The molecule has 5 heteroatoms. The van der Waals surface area contributed by atoms with Gasteiger partial charge in [-0.1, -0.05) is 18.2 Å². The van der Waals surface area contributed by atoms with E-state index in [9.17, 15) is 8.42 Å². The molecular formula is C14H19NO3S. The first-order valence-electron chi connectivity index (χ1n) is 6.82. The molecular weight excluding hydrogens is 262 g/mol. The SMILES string of the molecule is O=S1(=O)CCC(NC2CCOCC2)c2ccccc21. The first-order chi connectivity index (χ1) is 9.17. The van der Waals surface area contributed by atoms with Crippen LogP contribution in [-0.4, -0.2) is 33.4 Å². The molecule has 104 valence electrons. The zero-order valence-corrected chi connectivity index (χ0v) is 11.7. The molecule has 19 heavy (non-hydrogen) atoms. The van der Waals surface area contributed by atoms with Crippen LogP contribution in [0.4, 0.5) is 0 Å². The Kier molecular flexibility index (Phi) is 3.60. The second kappa shape index (κ2) is 5.23. The predicted octanol–water partition coefficient (Wildman–Crippen LogP) is 1.67. The van der Waals surface area contributed by atoms with Gasteiger partial charge in [0.2, 0.25) is 0 Å². The van der Waals surface area contributed by atoms with Crippen LogP contribution in [0.2, 0.25) is 0 Å². The van der Waals surface area contributed by atoms with Gasteiger partial charge < -0.3 is 10.1 Å². The average molecular weight is 281 g/mol. The van der Waals surface area contributed by atoms with Crippen LogP contribution in [0.5, 0.6) is 0 Å². The zero-order valence-electron chi connectivity index (χ0n) is 10.8. The Balaban J connectivity index is 1.84. The predicted molar refractivity (Wildman–Crippen MR) is 72.8 cm³/mol. The van der Waals surface area contributed by atoms with Gasteiger partial charge in [0.15, 0.2) is 9.84 Å². The molecule has 0 spiro atoms. The van der Waals surface area contributed by atoms with Crippen molar-refractivity contribution in [2.45, 2.75) is 36.2 Å². The van der Waals surface area contributed by atoms with Crippen LogP contribution in [0.3, 0.4) is 0 Å². The zero-order chi connectivity index (χ0) is 13.3. The topological polar surface area (TPSA) is 55.4 Å². The molecule has 1 atom stereocenters. The van der Waals surface area contributed by atoms with Crippen LogP contribution in [0.1, 0.15) is 30.9 Å². The molecule has 1 unspecified atom stereocenters. The lowest BCUT2D eigenvalue weighted by atomic mass is 10.0. The summed E-state index contributed by atoms with van der Waals surface area (Å²) in [6, 6.07) is 7.97. The van der Waals surface area contributed by atoms with Crippen molar-refractivity contribution in [2.24, 2.45) is 0 Å².